The number of rotatable bonds is 6. The van der Waals surface area contributed by atoms with Gasteiger partial charge in [0.15, 0.2) is 0 Å². The van der Waals surface area contributed by atoms with Crippen LogP contribution in [-0.2, 0) is 0 Å². The topological polar surface area (TPSA) is 23.8 Å². The molecule has 3 heteroatoms. The van der Waals surface area contributed by atoms with E-state index in [0.29, 0.717) is 11.1 Å². The maximum Gasteiger partial charge on any atom is 0.132 e. The molecule has 2 aromatic carbocycles. The van der Waals surface area contributed by atoms with E-state index in [4.69, 9.17) is 5.26 Å². The molecule has 0 atom stereocenters. The molecular weight excluding hydrogens is 337 g/mol. The lowest BCUT2D eigenvalue weighted by Crippen LogP contribution is -2.33. The molecule has 0 amide bonds. The highest BCUT2D eigenvalue weighted by molar-refractivity contribution is 6.73. The predicted octanol–water partition coefficient (Wildman–Crippen LogP) is 5.79. The van der Waals surface area contributed by atoms with Crippen molar-refractivity contribution in [3.05, 3.63) is 53.8 Å². The van der Waals surface area contributed by atoms with Crippen LogP contribution in [0.15, 0.2) is 42.5 Å². The third kappa shape index (κ3) is 4.62. The quantitative estimate of drug-likeness (QED) is 0.469. The standard InChI is InChI=1S/C23H28FNSi/c1-2-3-4-5-18-12-14-26(15-13-18)21-9-7-20(8-10-21)22-11-6-19(17-25)16-23(22)24/h6-11,16,18,26H,2-5,12-15H2,1H3. The molecule has 0 aromatic heterocycles. The average molecular weight is 366 g/mol. The summed E-state index contributed by atoms with van der Waals surface area (Å²) in [6.07, 6.45) is 8.34. The Labute approximate surface area is 158 Å². The largest absolute Gasteiger partial charge is 0.206 e. The van der Waals surface area contributed by atoms with Crippen LogP contribution in [0.4, 0.5) is 4.39 Å². The van der Waals surface area contributed by atoms with Gasteiger partial charge >= 0.3 is 0 Å². The first kappa shape index (κ1) is 18.9. The summed E-state index contributed by atoms with van der Waals surface area (Å²) in [6.45, 7) is 2.28. The summed E-state index contributed by atoms with van der Waals surface area (Å²) in [7, 11) is -0.841. The zero-order chi connectivity index (χ0) is 18.4. The Morgan fingerprint density at radius 3 is 2.42 bits per heavy atom. The first-order chi connectivity index (χ1) is 12.7. The summed E-state index contributed by atoms with van der Waals surface area (Å²) in [5.74, 6) is 0.638. The van der Waals surface area contributed by atoms with Crippen molar-refractivity contribution in [1.29, 1.82) is 5.26 Å². The van der Waals surface area contributed by atoms with E-state index in [-0.39, 0.29) is 5.82 Å². The van der Waals surface area contributed by atoms with Gasteiger partial charge in [0.2, 0.25) is 0 Å². The first-order valence-electron chi connectivity index (χ1n) is 10.0. The molecular formula is C23H28FNSi. The monoisotopic (exact) mass is 365 g/mol. The Bertz CT molecular complexity index is 755. The second-order valence-corrected chi connectivity index (χ2v) is 10.9. The third-order valence-corrected chi connectivity index (χ3v) is 9.24. The Kier molecular flexibility index (Phi) is 6.63. The van der Waals surface area contributed by atoms with Crippen LogP contribution in [0.2, 0.25) is 12.1 Å². The number of hydrogen-bond acceptors (Lipinski definition) is 1. The summed E-state index contributed by atoms with van der Waals surface area (Å²) >= 11 is 0. The van der Waals surface area contributed by atoms with Crippen LogP contribution in [-0.4, -0.2) is 8.80 Å². The van der Waals surface area contributed by atoms with E-state index in [1.54, 1.807) is 12.1 Å². The fourth-order valence-electron chi connectivity index (χ4n) is 4.22. The van der Waals surface area contributed by atoms with Gasteiger partial charge in [-0.05, 0) is 23.6 Å². The molecule has 1 aliphatic heterocycles. The minimum atomic E-state index is -0.841. The summed E-state index contributed by atoms with van der Waals surface area (Å²) in [4.78, 5) is 0. The van der Waals surface area contributed by atoms with Crippen molar-refractivity contribution in [2.75, 3.05) is 0 Å². The summed E-state index contributed by atoms with van der Waals surface area (Å²) in [5, 5.41) is 10.4. The van der Waals surface area contributed by atoms with Gasteiger partial charge in [0.1, 0.15) is 5.82 Å². The van der Waals surface area contributed by atoms with Crippen molar-refractivity contribution in [3.8, 4) is 17.2 Å². The van der Waals surface area contributed by atoms with Gasteiger partial charge in [-0.2, -0.15) is 5.26 Å². The first-order valence-corrected chi connectivity index (χ1v) is 12.2. The molecule has 0 unspecified atom stereocenters. The average Bonchev–Trinajstić information content (AvgIpc) is 2.69. The molecule has 0 radical (unpaired) electrons. The SMILES string of the molecule is CCCCCC1CC[SiH](c2ccc(-c3ccc(C#N)cc3F)cc2)CC1. The minimum Gasteiger partial charge on any atom is -0.206 e. The van der Waals surface area contributed by atoms with E-state index in [1.165, 1.54) is 61.9 Å². The highest BCUT2D eigenvalue weighted by Crippen LogP contribution is 2.30. The lowest BCUT2D eigenvalue weighted by Gasteiger charge is -2.28. The molecule has 2 aromatic rings. The zero-order valence-corrected chi connectivity index (χ0v) is 16.8. The number of nitriles is 1. The molecule has 1 nitrogen and oxygen atoms in total. The summed E-state index contributed by atoms with van der Waals surface area (Å²) in [5.41, 5.74) is 1.85. The molecule has 3 rings (SSSR count). The van der Waals surface area contributed by atoms with Gasteiger partial charge in [-0.25, -0.2) is 4.39 Å². The molecule has 0 spiro atoms. The van der Waals surface area contributed by atoms with Crippen molar-refractivity contribution in [3.63, 3.8) is 0 Å². The van der Waals surface area contributed by atoms with Crippen molar-refractivity contribution >= 4 is 14.0 Å². The molecule has 1 heterocycles. The normalized spacial score (nSPS) is 19.9. The van der Waals surface area contributed by atoms with E-state index in [2.05, 4.69) is 31.2 Å². The number of benzene rings is 2. The van der Waals surface area contributed by atoms with E-state index < -0.39 is 8.80 Å². The molecule has 1 saturated heterocycles. The van der Waals surface area contributed by atoms with Gasteiger partial charge in [0, 0.05) is 5.56 Å². The Balaban J connectivity index is 1.61. The Morgan fingerprint density at radius 2 is 1.81 bits per heavy atom. The molecule has 1 aliphatic rings. The van der Waals surface area contributed by atoms with Gasteiger partial charge in [0.25, 0.3) is 0 Å². The number of nitrogens with zero attached hydrogens (tertiary/aromatic N) is 1. The molecule has 136 valence electrons. The fourth-order valence-corrected chi connectivity index (χ4v) is 7.66. The van der Waals surface area contributed by atoms with Crippen LogP contribution >= 0.6 is 0 Å². The summed E-state index contributed by atoms with van der Waals surface area (Å²) < 4.78 is 14.2. The Morgan fingerprint density at radius 1 is 1.08 bits per heavy atom. The van der Waals surface area contributed by atoms with Gasteiger partial charge in [-0.15, -0.1) is 0 Å². The van der Waals surface area contributed by atoms with Crippen molar-refractivity contribution in [1.82, 2.24) is 0 Å². The lowest BCUT2D eigenvalue weighted by atomic mass is 9.96. The van der Waals surface area contributed by atoms with Crippen LogP contribution in [0.25, 0.3) is 11.1 Å². The molecule has 26 heavy (non-hydrogen) atoms. The minimum absolute atomic E-state index is 0.318. The second kappa shape index (κ2) is 9.14. The second-order valence-electron chi connectivity index (χ2n) is 7.64. The molecule has 0 saturated carbocycles. The van der Waals surface area contributed by atoms with Gasteiger partial charge < -0.3 is 0 Å². The van der Waals surface area contributed by atoms with Gasteiger partial charge in [0.05, 0.1) is 20.4 Å². The molecule has 0 N–H and O–H groups in total. The van der Waals surface area contributed by atoms with E-state index in [0.717, 1.165) is 11.5 Å². The number of hydrogen-bond donors (Lipinski definition) is 0. The highest BCUT2D eigenvalue weighted by Gasteiger charge is 2.23. The number of halogens is 1. The maximum absolute atomic E-state index is 14.2. The van der Waals surface area contributed by atoms with Crippen LogP contribution in [0.1, 0.15) is 51.0 Å². The zero-order valence-electron chi connectivity index (χ0n) is 15.7. The van der Waals surface area contributed by atoms with Crippen LogP contribution in [0.3, 0.4) is 0 Å². The van der Waals surface area contributed by atoms with Gasteiger partial charge in [-0.1, -0.05) is 93.1 Å². The van der Waals surface area contributed by atoms with Crippen LogP contribution in [0.5, 0.6) is 0 Å². The van der Waals surface area contributed by atoms with E-state index in [9.17, 15) is 4.39 Å². The Hall–Kier alpha value is -1.92. The van der Waals surface area contributed by atoms with Crippen LogP contribution in [0, 0.1) is 23.1 Å². The summed E-state index contributed by atoms with van der Waals surface area (Å²) in [6, 6.07) is 18.1. The van der Waals surface area contributed by atoms with E-state index in [1.807, 2.05) is 6.07 Å². The molecule has 1 fully saturated rings. The maximum atomic E-state index is 14.2. The molecule has 0 aliphatic carbocycles. The highest BCUT2D eigenvalue weighted by atomic mass is 28.3. The van der Waals surface area contributed by atoms with Gasteiger partial charge in [-0.3, -0.25) is 0 Å². The van der Waals surface area contributed by atoms with Crippen molar-refractivity contribution in [2.24, 2.45) is 5.92 Å². The van der Waals surface area contributed by atoms with Crippen molar-refractivity contribution < 1.29 is 4.39 Å². The van der Waals surface area contributed by atoms with Crippen molar-refractivity contribution in [2.45, 2.75) is 57.5 Å². The smallest absolute Gasteiger partial charge is 0.132 e. The number of unbranched alkanes of at least 4 members (excludes halogenated alkanes) is 2. The third-order valence-electron chi connectivity index (χ3n) is 5.85. The fraction of sp³-hybridized carbons (Fsp3) is 0.435. The van der Waals surface area contributed by atoms with E-state index >= 15 is 0 Å². The predicted molar refractivity (Wildman–Crippen MR) is 110 cm³/mol. The lowest BCUT2D eigenvalue weighted by molar-refractivity contribution is 0.418. The molecule has 0 bridgehead atoms. The van der Waals surface area contributed by atoms with Crippen LogP contribution < -0.4 is 5.19 Å².